The first-order chi connectivity index (χ1) is 16.1. The molecule has 34 heavy (non-hydrogen) atoms. The highest BCUT2D eigenvalue weighted by atomic mass is 16.6. The van der Waals surface area contributed by atoms with Gasteiger partial charge in [-0.1, -0.05) is 0 Å². The summed E-state index contributed by atoms with van der Waals surface area (Å²) in [6, 6.07) is 0.327. The van der Waals surface area contributed by atoms with Crippen LogP contribution >= 0.6 is 0 Å². The van der Waals surface area contributed by atoms with Gasteiger partial charge in [-0.25, -0.2) is 0 Å². The number of aliphatic hydroxyl groups is 4. The highest BCUT2D eigenvalue weighted by molar-refractivity contribution is 5.77. The fourth-order valence-electron chi connectivity index (χ4n) is 4.45. The average molecular weight is 486 g/mol. The molecule has 0 radical (unpaired) electrons. The SMILES string of the molecule is CC(=O)N(CC1OC(CC(=O)NC2CC2)C(O)C1O)CC1OC(CC(=O)NC2CC2)C(O)C1O. The van der Waals surface area contributed by atoms with E-state index in [4.69, 9.17) is 9.47 Å². The normalized spacial score (nSPS) is 37.4. The lowest BCUT2D eigenvalue weighted by molar-refractivity contribution is -0.136. The molecular weight excluding hydrogens is 450 g/mol. The molecule has 0 bridgehead atoms. The lowest BCUT2D eigenvalue weighted by atomic mass is 10.0. The Bertz CT molecular complexity index is 719. The number of ether oxygens (including phenoxy) is 2. The van der Waals surface area contributed by atoms with Gasteiger partial charge in [-0.15, -0.1) is 0 Å². The second kappa shape index (κ2) is 10.4. The van der Waals surface area contributed by atoms with E-state index >= 15 is 0 Å². The molecule has 0 aromatic heterocycles. The Morgan fingerprint density at radius 2 is 1.06 bits per heavy atom. The molecule has 8 unspecified atom stereocenters. The van der Waals surface area contributed by atoms with Crippen LogP contribution in [0.1, 0.15) is 45.4 Å². The number of nitrogens with zero attached hydrogens (tertiary/aromatic N) is 1. The summed E-state index contributed by atoms with van der Waals surface area (Å²) >= 11 is 0. The lowest BCUT2D eigenvalue weighted by Crippen LogP contribution is -2.47. The number of hydrogen-bond acceptors (Lipinski definition) is 9. The fraction of sp³-hybridized carbons (Fsp3) is 0.864. The molecule has 2 saturated carbocycles. The first-order valence-electron chi connectivity index (χ1n) is 12.0. The highest BCUT2D eigenvalue weighted by Crippen LogP contribution is 2.28. The van der Waals surface area contributed by atoms with Crippen molar-refractivity contribution in [2.45, 2.75) is 106 Å². The van der Waals surface area contributed by atoms with Crippen LogP contribution in [0.5, 0.6) is 0 Å². The van der Waals surface area contributed by atoms with Crippen LogP contribution in [0.3, 0.4) is 0 Å². The van der Waals surface area contributed by atoms with Gasteiger partial charge in [0.25, 0.3) is 0 Å². The third kappa shape index (κ3) is 6.23. The number of rotatable bonds is 10. The van der Waals surface area contributed by atoms with Gasteiger partial charge in [-0.3, -0.25) is 14.4 Å². The third-order valence-corrected chi connectivity index (χ3v) is 6.83. The molecule has 2 saturated heterocycles. The Balaban J connectivity index is 1.30. The van der Waals surface area contributed by atoms with Crippen LogP contribution in [0.25, 0.3) is 0 Å². The maximum Gasteiger partial charge on any atom is 0.222 e. The molecule has 4 fully saturated rings. The minimum atomic E-state index is -1.31. The molecule has 2 heterocycles. The average Bonchev–Trinajstić information content (AvgIpc) is 3.70. The van der Waals surface area contributed by atoms with E-state index in [9.17, 15) is 34.8 Å². The molecule has 192 valence electrons. The van der Waals surface area contributed by atoms with Gasteiger partial charge in [0.2, 0.25) is 17.7 Å². The molecular formula is C22H35N3O9. The molecule has 12 nitrogen and oxygen atoms in total. The van der Waals surface area contributed by atoms with E-state index in [1.165, 1.54) is 11.8 Å². The number of amides is 3. The smallest absolute Gasteiger partial charge is 0.222 e. The van der Waals surface area contributed by atoms with Gasteiger partial charge in [0.15, 0.2) is 0 Å². The molecule has 0 aromatic carbocycles. The van der Waals surface area contributed by atoms with Gasteiger partial charge in [0.1, 0.15) is 36.6 Å². The quantitative estimate of drug-likeness (QED) is 0.190. The van der Waals surface area contributed by atoms with Gasteiger partial charge in [-0.2, -0.15) is 0 Å². The van der Waals surface area contributed by atoms with E-state index < -0.39 is 48.8 Å². The van der Waals surface area contributed by atoms with Crippen LogP contribution in [0.4, 0.5) is 0 Å². The van der Waals surface area contributed by atoms with Crippen molar-refractivity contribution in [2.75, 3.05) is 13.1 Å². The Morgan fingerprint density at radius 3 is 1.38 bits per heavy atom. The van der Waals surface area contributed by atoms with Crippen molar-refractivity contribution in [1.82, 2.24) is 15.5 Å². The van der Waals surface area contributed by atoms with Crippen molar-refractivity contribution in [3.05, 3.63) is 0 Å². The predicted octanol–water partition coefficient (Wildman–Crippen LogP) is -2.85. The molecule has 6 N–H and O–H groups in total. The molecule has 2 aliphatic heterocycles. The van der Waals surface area contributed by atoms with Crippen molar-refractivity contribution in [3.8, 4) is 0 Å². The Labute approximate surface area is 197 Å². The second-order valence-corrected chi connectivity index (χ2v) is 9.90. The summed E-state index contributed by atoms with van der Waals surface area (Å²) in [6.07, 6.45) is -5.39. The zero-order valence-electron chi connectivity index (χ0n) is 19.2. The molecule has 2 aliphatic carbocycles. The highest BCUT2D eigenvalue weighted by Gasteiger charge is 2.47. The minimum absolute atomic E-state index is 0.105. The van der Waals surface area contributed by atoms with Gasteiger partial charge in [0, 0.05) is 32.1 Å². The molecule has 12 heteroatoms. The number of carbonyl (C=O) groups excluding carboxylic acids is 3. The molecule has 8 atom stereocenters. The van der Waals surface area contributed by atoms with E-state index in [-0.39, 0.29) is 55.7 Å². The zero-order chi connectivity index (χ0) is 24.6. The van der Waals surface area contributed by atoms with E-state index in [0.29, 0.717) is 0 Å². The Hall–Kier alpha value is -1.83. The molecule has 3 amide bonds. The first-order valence-corrected chi connectivity index (χ1v) is 12.0. The summed E-state index contributed by atoms with van der Waals surface area (Å²) in [4.78, 5) is 37.7. The van der Waals surface area contributed by atoms with Crippen LogP contribution in [-0.2, 0) is 23.9 Å². The monoisotopic (exact) mass is 485 g/mol. The molecule has 0 spiro atoms. The van der Waals surface area contributed by atoms with Crippen molar-refractivity contribution >= 4 is 17.7 Å². The van der Waals surface area contributed by atoms with E-state index in [1.54, 1.807) is 0 Å². The van der Waals surface area contributed by atoms with Gasteiger partial charge < -0.3 is 45.4 Å². The van der Waals surface area contributed by atoms with Crippen molar-refractivity contribution < 1.29 is 44.3 Å². The zero-order valence-corrected chi connectivity index (χ0v) is 19.2. The number of aliphatic hydroxyl groups excluding tert-OH is 4. The van der Waals surface area contributed by atoms with Crippen molar-refractivity contribution in [2.24, 2.45) is 0 Å². The van der Waals surface area contributed by atoms with E-state index in [1.807, 2.05) is 0 Å². The predicted molar refractivity (Wildman–Crippen MR) is 115 cm³/mol. The van der Waals surface area contributed by atoms with Crippen molar-refractivity contribution in [3.63, 3.8) is 0 Å². The Kier molecular flexibility index (Phi) is 7.75. The maximum absolute atomic E-state index is 12.3. The van der Waals surface area contributed by atoms with Gasteiger partial charge in [0.05, 0.1) is 25.0 Å². The summed E-state index contributed by atoms with van der Waals surface area (Å²) in [5, 5.41) is 47.1. The van der Waals surface area contributed by atoms with Gasteiger partial charge in [-0.05, 0) is 25.7 Å². The molecule has 0 aromatic rings. The second-order valence-electron chi connectivity index (χ2n) is 9.90. The maximum atomic E-state index is 12.3. The summed E-state index contributed by atoms with van der Waals surface area (Å²) in [6.45, 7) is 1.09. The third-order valence-electron chi connectivity index (χ3n) is 6.83. The Morgan fingerprint density at radius 1 is 0.706 bits per heavy atom. The van der Waals surface area contributed by atoms with Crippen LogP contribution in [0, 0.1) is 0 Å². The van der Waals surface area contributed by atoms with Gasteiger partial charge >= 0.3 is 0 Å². The lowest BCUT2D eigenvalue weighted by Gasteiger charge is -2.29. The van der Waals surface area contributed by atoms with Crippen LogP contribution < -0.4 is 10.6 Å². The summed E-state index contributed by atoms with van der Waals surface area (Å²) in [5.74, 6) is -0.924. The fourth-order valence-corrected chi connectivity index (χ4v) is 4.45. The summed E-state index contributed by atoms with van der Waals surface area (Å²) in [7, 11) is 0. The van der Waals surface area contributed by atoms with E-state index in [0.717, 1.165) is 25.7 Å². The number of hydrogen-bond donors (Lipinski definition) is 6. The van der Waals surface area contributed by atoms with Crippen LogP contribution in [0.2, 0.25) is 0 Å². The summed E-state index contributed by atoms with van der Waals surface area (Å²) in [5.41, 5.74) is 0. The standard InChI is InChI=1S/C22H35N3O9/c1-10(26)25(8-15-21(31)19(29)13(33-15)6-17(27)23-11-2-3-11)9-16-22(32)20(30)14(34-16)7-18(28)24-12-4-5-12/h11-16,19-22,29-32H,2-9H2,1H3,(H,23,27)(H,24,28). The molecule has 4 aliphatic rings. The largest absolute Gasteiger partial charge is 0.388 e. The first kappa shape index (κ1) is 25.3. The van der Waals surface area contributed by atoms with Crippen LogP contribution in [0.15, 0.2) is 0 Å². The minimum Gasteiger partial charge on any atom is -0.388 e. The van der Waals surface area contributed by atoms with Crippen molar-refractivity contribution in [1.29, 1.82) is 0 Å². The number of carbonyl (C=O) groups is 3. The van der Waals surface area contributed by atoms with Crippen LogP contribution in [-0.4, -0.2) is 117 Å². The summed E-state index contributed by atoms with van der Waals surface area (Å²) < 4.78 is 11.4. The number of nitrogens with one attached hydrogen (secondary N) is 2. The van der Waals surface area contributed by atoms with E-state index in [2.05, 4.69) is 10.6 Å². The molecule has 4 rings (SSSR count). The topological polar surface area (TPSA) is 178 Å².